The normalized spacial score (nSPS) is 9.60. The van der Waals surface area contributed by atoms with E-state index in [1.54, 1.807) is 6.07 Å². The van der Waals surface area contributed by atoms with E-state index in [0.717, 1.165) is 17.5 Å². The number of benzene rings is 1. The van der Waals surface area contributed by atoms with Crippen LogP contribution in [0.25, 0.3) is 0 Å². The fourth-order valence-electron chi connectivity index (χ4n) is 1.58. The highest BCUT2D eigenvalue weighted by molar-refractivity contribution is 5.73. The number of aryl methyl sites for hydroxylation is 1. The highest BCUT2D eigenvalue weighted by Gasteiger charge is 2.05. The molecular formula is C12H14N2O. The molecule has 0 saturated heterocycles. The first-order valence-corrected chi connectivity index (χ1v) is 4.92. The van der Waals surface area contributed by atoms with Gasteiger partial charge in [-0.05, 0) is 37.0 Å². The number of carbonyl (C=O) groups is 1. The van der Waals surface area contributed by atoms with Gasteiger partial charge in [-0.3, -0.25) is 4.79 Å². The fourth-order valence-corrected chi connectivity index (χ4v) is 1.58. The quantitative estimate of drug-likeness (QED) is 0.807. The average Bonchev–Trinajstić information content (AvgIpc) is 2.20. The van der Waals surface area contributed by atoms with Crippen molar-refractivity contribution in [1.29, 1.82) is 5.26 Å². The zero-order valence-corrected chi connectivity index (χ0v) is 8.79. The molecular weight excluding hydrogens is 188 g/mol. The topological polar surface area (TPSA) is 66.9 Å². The lowest BCUT2D eigenvalue weighted by Crippen LogP contribution is -2.10. The predicted octanol–water partition coefficient (Wildman–Crippen LogP) is 1.67. The standard InChI is InChI=1S/C12H14N2O/c1-9-4-2-5-10(8-13)11(9)6-3-7-12(14)15/h2,4-5H,3,6-7H2,1H3,(H2,14,15). The molecule has 2 N–H and O–H groups in total. The van der Waals surface area contributed by atoms with E-state index in [1.165, 1.54) is 0 Å². The number of nitrogens with two attached hydrogens (primary N) is 1. The molecule has 15 heavy (non-hydrogen) atoms. The van der Waals surface area contributed by atoms with Crippen LogP contribution in [0.2, 0.25) is 0 Å². The van der Waals surface area contributed by atoms with Gasteiger partial charge in [0, 0.05) is 6.42 Å². The van der Waals surface area contributed by atoms with Gasteiger partial charge in [0.2, 0.25) is 5.91 Å². The number of rotatable bonds is 4. The number of amides is 1. The molecule has 1 aromatic rings. The van der Waals surface area contributed by atoms with Crippen molar-refractivity contribution < 1.29 is 4.79 Å². The van der Waals surface area contributed by atoms with Crippen molar-refractivity contribution in [2.45, 2.75) is 26.2 Å². The largest absolute Gasteiger partial charge is 0.370 e. The summed E-state index contributed by atoms with van der Waals surface area (Å²) in [5, 5.41) is 8.91. The monoisotopic (exact) mass is 202 g/mol. The second-order valence-corrected chi connectivity index (χ2v) is 3.53. The zero-order valence-electron chi connectivity index (χ0n) is 8.79. The Bertz CT molecular complexity index is 405. The Morgan fingerprint density at radius 1 is 1.53 bits per heavy atom. The number of hydrogen-bond donors (Lipinski definition) is 1. The van der Waals surface area contributed by atoms with E-state index >= 15 is 0 Å². The van der Waals surface area contributed by atoms with Crippen LogP contribution in [0.15, 0.2) is 18.2 Å². The highest BCUT2D eigenvalue weighted by Crippen LogP contribution is 2.15. The molecule has 1 amide bonds. The van der Waals surface area contributed by atoms with Gasteiger partial charge in [-0.15, -0.1) is 0 Å². The average molecular weight is 202 g/mol. The molecule has 3 nitrogen and oxygen atoms in total. The summed E-state index contributed by atoms with van der Waals surface area (Å²) >= 11 is 0. The second-order valence-electron chi connectivity index (χ2n) is 3.53. The zero-order chi connectivity index (χ0) is 11.3. The summed E-state index contributed by atoms with van der Waals surface area (Å²) in [7, 11) is 0. The van der Waals surface area contributed by atoms with Crippen LogP contribution in [0.5, 0.6) is 0 Å². The van der Waals surface area contributed by atoms with Crippen molar-refractivity contribution in [3.05, 3.63) is 34.9 Å². The Morgan fingerprint density at radius 3 is 2.87 bits per heavy atom. The third kappa shape index (κ3) is 3.10. The molecule has 0 bridgehead atoms. The molecule has 0 aliphatic carbocycles. The van der Waals surface area contributed by atoms with Crippen LogP contribution in [-0.2, 0) is 11.2 Å². The minimum absolute atomic E-state index is 0.290. The second kappa shape index (κ2) is 5.16. The molecule has 0 spiro atoms. The lowest BCUT2D eigenvalue weighted by molar-refractivity contribution is -0.118. The number of nitriles is 1. The smallest absolute Gasteiger partial charge is 0.217 e. The van der Waals surface area contributed by atoms with Crippen molar-refractivity contribution in [2.24, 2.45) is 5.73 Å². The van der Waals surface area contributed by atoms with Gasteiger partial charge >= 0.3 is 0 Å². The molecule has 0 heterocycles. The van der Waals surface area contributed by atoms with Crippen LogP contribution in [0.3, 0.4) is 0 Å². The van der Waals surface area contributed by atoms with Crippen LogP contribution in [0.4, 0.5) is 0 Å². The SMILES string of the molecule is Cc1cccc(C#N)c1CCCC(N)=O. The molecule has 0 fully saturated rings. The number of primary amides is 1. The Balaban J connectivity index is 2.76. The van der Waals surface area contributed by atoms with Gasteiger partial charge in [-0.25, -0.2) is 0 Å². The van der Waals surface area contributed by atoms with E-state index in [0.29, 0.717) is 18.4 Å². The van der Waals surface area contributed by atoms with Crippen LogP contribution in [0, 0.1) is 18.3 Å². The van der Waals surface area contributed by atoms with Crippen molar-refractivity contribution in [1.82, 2.24) is 0 Å². The summed E-state index contributed by atoms with van der Waals surface area (Å²) in [6.07, 6.45) is 1.81. The summed E-state index contributed by atoms with van der Waals surface area (Å²) in [6.45, 7) is 1.97. The van der Waals surface area contributed by atoms with Gasteiger partial charge in [0.15, 0.2) is 0 Å². The number of nitrogens with zero attached hydrogens (tertiary/aromatic N) is 1. The Morgan fingerprint density at radius 2 is 2.27 bits per heavy atom. The van der Waals surface area contributed by atoms with Gasteiger partial charge in [0.25, 0.3) is 0 Å². The minimum Gasteiger partial charge on any atom is -0.370 e. The third-order valence-corrected chi connectivity index (χ3v) is 2.38. The lowest BCUT2D eigenvalue weighted by Gasteiger charge is -2.06. The van der Waals surface area contributed by atoms with Crippen molar-refractivity contribution in [3.8, 4) is 6.07 Å². The summed E-state index contributed by atoms with van der Waals surface area (Å²) in [5.74, 6) is -0.290. The van der Waals surface area contributed by atoms with E-state index in [9.17, 15) is 4.79 Å². The summed E-state index contributed by atoms with van der Waals surface area (Å²) in [6, 6.07) is 7.80. The predicted molar refractivity (Wildman–Crippen MR) is 58.0 cm³/mol. The Hall–Kier alpha value is -1.82. The van der Waals surface area contributed by atoms with Crippen molar-refractivity contribution in [3.63, 3.8) is 0 Å². The van der Waals surface area contributed by atoms with E-state index in [-0.39, 0.29) is 5.91 Å². The van der Waals surface area contributed by atoms with Crippen LogP contribution in [0.1, 0.15) is 29.5 Å². The van der Waals surface area contributed by atoms with Gasteiger partial charge < -0.3 is 5.73 Å². The Labute approximate surface area is 89.5 Å². The number of hydrogen-bond acceptors (Lipinski definition) is 2. The summed E-state index contributed by atoms with van der Waals surface area (Å²) < 4.78 is 0. The molecule has 3 heteroatoms. The maximum absolute atomic E-state index is 10.6. The highest BCUT2D eigenvalue weighted by atomic mass is 16.1. The van der Waals surface area contributed by atoms with Crippen LogP contribution in [-0.4, -0.2) is 5.91 Å². The molecule has 0 atom stereocenters. The van der Waals surface area contributed by atoms with Crippen molar-refractivity contribution >= 4 is 5.91 Å². The summed E-state index contributed by atoms with van der Waals surface area (Å²) in [4.78, 5) is 10.6. The van der Waals surface area contributed by atoms with E-state index in [2.05, 4.69) is 6.07 Å². The van der Waals surface area contributed by atoms with Gasteiger partial charge in [-0.1, -0.05) is 12.1 Å². The first-order chi connectivity index (χ1) is 7.15. The van der Waals surface area contributed by atoms with E-state index < -0.39 is 0 Å². The third-order valence-electron chi connectivity index (χ3n) is 2.38. The number of carbonyl (C=O) groups excluding carboxylic acids is 1. The first kappa shape index (κ1) is 11.3. The molecule has 0 unspecified atom stereocenters. The molecule has 1 aromatic carbocycles. The molecule has 0 aromatic heterocycles. The molecule has 0 saturated carbocycles. The van der Waals surface area contributed by atoms with Crippen LogP contribution >= 0.6 is 0 Å². The molecule has 0 aliphatic rings. The molecule has 78 valence electrons. The summed E-state index contributed by atoms with van der Waals surface area (Å²) in [5.41, 5.74) is 7.88. The molecule has 0 radical (unpaired) electrons. The lowest BCUT2D eigenvalue weighted by atomic mass is 9.98. The maximum Gasteiger partial charge on any atom is 0.217 e. The van der Waals surface area contributed by atoms with Crippen molar-refractivity contribution in [2.75, 3.05) is 0 Å². The van der Waals surface area contributed by atoms with E-state index in [4.69, 9.17) is 11.0 Å². The minimum atomic E-state index is -0.290. The van der Waals surface area contributed by atoms with Crippen LogP contribution < -0.4 is 5.73 Å². The molecule has 0 aliphatic heterocycles. The van der Waals surface area contributed by atoms with E-state index in [1.807, 2.05) is 19.1 Å². The first-order valence-electron chi connectivity index (χ1n) is 4.92. The fraction of sp³-hybridized carbons (Fsp3) is 0.333. The Kier molecular flexibility index (Phi) is 3.87. The van der Waals surface area contributed by atoms with Gasteiger partial charge in [0.05, 0.1) is 11.6 Å². The van der Waals surface area contributed by atoms with Gasteiger partial charge in [-0.2, -0.15) is 5.26 Å². The molecule has 1 rings (SSSR count). The maximum atomic E-state index is 10.6. The van der Waals surface area contributed by atoms with Gasteiger partial charge in [0.1, 0.15) is 0 Å².